The number of rotatable bonds is 4. The van der Waals surface area contributed by atoms with Gasteiger partial charge in [0.25, 0.3) is 0 Å². The molecule has 0 bridgehead atoms. The van der Waals surface area contributed by atoms with E-state index in [4.69, 9.17) is 0 Å². The highest BCUT2D eigenvalue weighted by Gasteiger charge is 2.47. The lowest BCUT2D eigenvalue weighted by Crippen LogP contribution is -2.24. The van der Waals surface area contributed by atoms with Gasteiger partial charge in [-0.25, -0.2) is 0 Å². The Labute approximate surface area is 180 Å². The minimum absolute atomic E-state index is 0.261. The maximum Gasteiger partial charge on any atom is 0.0330 e. The fourth-order valence-electron chi connectivity index (χ4n) is 5.31. The Morgan fingerprint density at radius 3 is 2.81 bits per heavy atom. The van der Waals surface area contributed by atoms with Crippen LogP contribution >= 0.6 is 22.6 Å². The molecule has 0 aromatic carbocycles. The summed E-state index contributed by atoms with van der Waals surface area (Å²) in [5.74, 6) is 2.03. The van der Waals surface area contributed by atoms with Gasteiger partial charge in [-0.1, -0.05) is 97.5 Å². The first-order valence-corrected chi connectivity index (χ1v) is 11.9. The topological polar surface area (TPSA) is 0 Å². The van der Waals surface area contributed by atoms with Gasteiger partial charge < -0.3 is 0 Å². The molecule has 3 rings (SSSR count). The van der Waals surface area contributed by atoms with Crippen LogP contribution in [0.2, 0.25) is 0 Å². The van der Waals surface area contributed by atoms with Crippen molar-refractivity contribution in [3.05, 3.63) is 72.4 Å². The van der Waals surface area contributed by atoms with Gasteiger partial charge >= 0.3 is 0 Å². The van der Waals surface area contributed by atoms with Crippen LogP contribution in [0.1, 0.15) is 58.8 Å². The van der Waals surface area contributed by atoms with Gasteiger partial charge in [-0.3, -0.25) is 0 Å². The first-order valence-electron chi connectivity index (χ1n) is 10.6. The zero-order chi connectivity index (χ0) is 19.4. The van der Waals surface area contributed by atoms with E-state index in [-0.39, 0.29) is 5.41 Å². The Morgan fingerprint density at radius 2 is 2.04 bits per heavy atom. The summed E-state index contributed by atoms with van der Waals surface area (Å²) in [4.78, 5) is 0. The van der Waals surface area contributed by atoms with E-state index in [1.165, 1.54) is 44.1 Å². The first-order chi connectivity index (χ1) is 12.9. The van der Waals surface area contributed by atoms with Crippen LogP contribution < -0.4 is 0 Å². The van der Waals surface area contributed by atoms with E-state index in [2.05, 4.69) is 92.1 Å². The van der Waals surface area contributed by atoms with Crippen molar-refractivity contribution in [2.45, 2.75) is 62.7 Å². The number of alkyl halides is 1. The standard InChI is InChI=1S/C26H35I/c1-5-22-23-16-15-21(27)18-25(23)26(3,4)24(22)17-14-20-11-9-7-6-8-10-19(2)12-13-20/h5-8,10,16,18,20-22,24H,1-2,9,11-15,17H2,3-4H3/b7-6-,10-8-. The Balaban J connectivity index is 1.71. The Morgan fingerprint density at radius 1 is 1.22 bits per heavy atom. The third kappa shape index (κ3) is 4.78. The molecule has 1 saturated carbocycles. The van der Waals surface area contributed by atoms with Crippen LogP contribution in [0.3, 0.4) is 0 Å². The minimum atomic E-state index is 0.261. The molecule has 3 aliphatic carbocycles. The molecule has 0 aromatic heterocycles. The van der Waals surface area contributed by atoms with E-state index in [0.29, 0.717) is 15.8 Å². The zero-order valence-corrected chi connectivity index (χ0v) is 19.3. The minimum Gasteiger partial charge on any atom is -0.102 e. The fourth-order valence-corrected chi connectivity index (χ4v) is 5.93. The highest BCUT2D eigenvalue weighted by molar-refractivity contribution is 14.1. The molecule has 3 aliphatic rings. The summed E-state index contributed by atoms with van der Waals surface area (Å²) in [6, 6.07) is 0. The fraction of sp³-hybridized carbons (Fsp3) is 0.538. The average Bonchev–Trinajstić information content (AvgIpc) is 2.85. The van der Waals surface area contributed by atoms with Crippen molar-refractivity contribution >= 4 is 22.6 Å². The monoisotopic (exact) mass is 474 g/mol. The normalized spacial score (nSPS) is 35.6. The number of allylic oxidation sites excluding steroid dienone is 10. The molecule has 0 radical (unpaired) electrons. The summed E-state index contributed by atoms with van der Waals surface area (Å²) in [7, 11) is 0. The summed E-state index contributed by atoms with van der Waals surface area (Å²) in [5, 5.41) is 0. The molecule has 0 aliphatic heterocycles. The van der Waals surface area contributed by atoms with Gasteiger partial charge in [-0.05, 0) is 66.9 Å². The van der Waals surface area contributed by atoms with Gasteiger partial charge in [0, 0.05) is 9.84 Å². The molecule has 0 heterocycles. The maximum atomic E-state index is 4.23. The highest BCUT2D eigenvalue weighted by Crippen LogP contribution is 2.57. The number of fused-ring (bicyclic) bond motifs is 1. The molecule has 146 valence electrons. The van der Waals surface area contributed by atoms with Crippen LogP contribution in [0.5, 0.6) is 0 Å². The molecule has 0 nitrogen and oxygen atoms in total. The van der Waals surface area contributed by atoms with Crippen LogP contribution in [0.4, 0.5) is 0 Å². The van der Waals surface area contributed by atoms with Crippen LogP contribution in [-0.2, 0) is 0 Å². The maximum absolute atomic E-state index is 4.23. The van der Waals surface area contributed by atoms with Gasteiger partial charge in [0.2, 0.25) is 0 Å². The zero-order valence-electron chi connectivity index (χ0n) is 17.1. The van der Waals surface area contributed by atoms with Gasteiger partial charge in [0.05, 0.1) is 0 Å². The third-order valence-electron chi connectivity index (χ3n) is 6.97. The molecule has 4 atom stereocenters. The Bertz CT molecular complexity index is 685. The smallest absolute Gasteiger partial charge is 0.0330 e. The quantitative estimate of drug-likeness (QED) is 0.219. The second kappa shape index (κ2) is 9.11. The third-order valence-corrected chi connectivity index (χ3v) is 7.84. The summed E-state index contributed by atoms with van der Waals surface area (Å²) < 4.78 is 0.647. The van der Waals surface area contributed by atoms with E-state index in [1.54, 1.807) is 11.1 Å². The SMILES string of the molecule is C=CC1C2=CCC(I)C=C2C(C)(C)C1CCC1CC/C=C\C=C/C(=C)CC1. The van der Waals surface area contributed by atoms with Crippen molar-refractivity contribution in [3.8, 4) is 0 Å². The predicted octanol–water partition coefficient (Wildman–Crippen LogP) is 8.14. The lowest BCUT2D eigenvalue weighted by atomic mass is 9.72. The van der Waals surface area contributed by atoms with E-state index < -0.39 is 0 Å². The van der Waals surface area contributed by atoms with Crippen molar-refractivity contribution < 1.29 is 0 Å². The molecule has 27 heavy (non-hydrogen) atoms. The molecule has 1 heteroatoms. The van der Waals surface area contributed by atoms with E-state index in [1.807, 2.05) is 0 Å². The molecule has 0 saturated heterocycles. The molecule has 0 N–H and O–H groups in total. The summed E-state index contributed by atoms with van der Waals surface area (Å²) >= 11 is 2.58. The summed E-state index contributed by atoms with van der Waals surface area (Å²) in [5.41, 5.74) is 4.72. The van der Waals surface area contributed by atoms with Crippen LogP contribution in [0, 0.1) is 23.2 Å². The van der Waals surface area contributed by atoms with Crippen LogP contribution in [-0.4, -0.2) is 3.92 Å². The highest BCUT2D eigenvalue weighted by atomic mass is 127. The lowest BCUT2D eigenvalue weighted by molar-refractivity contribution is 0.230. The van der Waals surface area contributed by atoms with E-state index in [0.717, 1.165) is 12.3 Å². The molecular formula is C26H35I. The van der Waals surface area contributed by atoms with Gasteiger partial charge in [-0.2, -0.15) is 0 Å². The van der Waals surface area contributed by atoms with Crippen molar-refractivity contribution in [2.75, 3.05) is 0 Å². The number of halogens is 1. The van der Waals surface area contributed by atoms with Crippen molar-refractivity contribution in [2.24, 2.45) is 23.2 Å². The molecule has 0 aromatic rings. The van der Waals surface area contributed by atoms with E-state index >= 15 is 0 Å². The average molecular weight is 474 g/mol. The van der Waals surface area contributed by atoms with E-state index in [9.17, 15) is 0 Å². The second-order valence-electron chi connectivity index (χ2n) is 9.09. The van der Waals surface area contributed by atoms with Crippen LogP contribution in [0.15, 0.2) is 72.4 Å². The van der Waals surface area contributed by atoms with Crippen molar-refractivity contribution in [1.82, 2.24) is 0 Å². The number of hydrogen-bond acceptors (Lipinski definition) is 0. The Kier molecular flexibility index (Phi) is 7.05. The molecule has 1 fully saturated rings. The van der Waals surface area contributed by atoms with Crippen molar-refractivity contribution in [1.29, 1.82) is 0 Å². The number of hydrogen-bond donors (Lipinski definition) is 0. The lowest BCUT2D eigenvalue weighted by Gasteiger charge is -2.32. The first kappa shape index (κ1) is 20.9. The van der Waals surface area contributed by atoms with Gasteiger partial charge in [-0.15, -0.1) is 6.58 Å². The molecule has 4 unspecified atom stereocenters. The molecule has 0 amide bonds. The van der Waals surface area contributed by atoms with Gasteiger partial charge in [0.1, 0.15) is 0 Å². The summed E-state index contributed by atoms with van der Waals surface area (Å²) in [6.45, 7) is 13.4. The largest absolute Gasteiger partial charge is 0.102 e. The molecule has 0 spiro atoms. The molecular weight excluding hydrogens is 439 g/mol. The van der Waals surface area contributed by atoms with Gasteiger partial charge in [0.15, 0.2) is 0 Å². The van der Waals surface area contributed by atoms with Crippen molar-refractivity contribution in [3.63, 3.8) is 0 Å². The summed E-state index contributed by atoms with van der Waals surface area (Å²) in [6.07, 6.45) is 24.8. The second-order valence-corrected chi connectivity index (χ2v) is 10.7. The predicted molar refractivity (Wildman–Crippen MR) is 128 cm³/mol. The Hall–Kier alpha value is -0.830. The van der Waals surface area contributed by atoms with Crippen LogP contribution in [0.25, 0.3) is 0 Å².